The highest BCUT2D eigenvalue weighted by molar-refractivity contribution is 5.84. The van der Waals surface area contributed by atoms with Crippen LogP contribution in [0.3, 0.4) is 0 Å². The highest BCUT2D eigenvalue weighted by atomic mass is 16.5. The fourth-order valence-corrected chi connectivity index (χ4v) is 5.39. The van der Waals surface area contributed by atoms with E-state index in [4.69, 9.17) is 4.74 Å². The number of benzene rings is 2. The van der Waals surface area contributed by atoms with Crippen LogP contribution in [0.25, 0.3) is 11.1 Å². The predicted molar refractivity (Wildman–Crippen MR) is 126 cm³/mol. The number of alkyl carbamates (subject to hydrolysis) is 1. The zero-order valence-corrected chi connectivity index (χ0v) is 19.3. The monoisotopic (exact) mass is 462 g/mol. The average molecular weight is 463 g/mol. The first-order chi connectivity index (χ1) is 16.4. The number of hydrogen-bond donors (Lipinski definition) is 2. The molecule has 5 rings (SSSR count). The van der Waals surface area contributed by atoms with Crippen LogP contribution < -0.4 is 5.32 Å². The minimum absolute atomic E-state index is 0.0169. The van der Waals surface area contributed by atoms with Crippen LogP contribution in [0.4, 0.5) is 4.79 Å². The van der Waals surface area contributed by atoms with Gasteiger partial charge in [-0.1, -0.05) is 55.0 Å². The number of ether oxygens (including phenoxy) is 1. The molecule has 7 nitrogen and oxygen atoms in total. The average Bonchev–Trinajstić information content (AvgIpc) is 3.08. The largest absolute Gasteiger partial charge is 0.481 e. The Morgan fingerprint density at radius 2 is 1.65 bits per heavy atom. The number of carboxylic acids is 1. The van der Waals surface area contributed by atoms with Gasteiger partial charge >= 0.3 is 12.1 Å². The Labute approximate surface area is 199 Å². The van der Waals surface area contributed by atoms with Gasteiger partial charge in [0.1, 0.15) is 6.61 Å². The number of nitrogens with one attached hydrogen (secondary N) is 1. The van der Waals surface area contributed by atoms with Gasteiger partial charge < -0.3 is 20.1 Å². The zero-order valence-electron chi connectivity index (χ0n) is 19.3. The summed E-state index contributed by atoms with van der Waals surface area (Å²) < 4.78 is 5.68. The van der Waals surface area contributed by atoms with Crippen LogP contribution >= 0.6 is 0 Å². The number of amides is 2. The van der Waals surface area contributed by atoms with E-state index in [9.17, 15) is 19.5 Å². The summed E-state index contributed by atoms with van der Waals surface area (Å²) in [6.45, 7) is 2.30. The van der Waals surface area contributed by atoms with E-state index in [1.54, 1.807) is 11.8 Å². The minimum atomic E-state index is -0.885. The molecular weight excluding hydrogens is 432 g/mol. The van der Waals surface area contributed by atoms with Gasteiger partial charge in [-0.15, -0.1) is 0 Å². The molecule has 0 radical (unpaired) electrons. The van der Waals surface area contributed by atoms with Gasteiger partial charge in [-0.25, -0.2) is 4.79 Å². The lowest BCUT2D eigenvalue weighted by Crippen LogP contribution is -2.61. The van der Waals surface area contributed by atoms with Gasteiger partial charge in [-0.05, 0) is 47.9 Å². The van der Waals surface area contributed by atoms with Crippen molar-refractivity contribution >= 4 is 18.0 Å². The summed E-state index contributed by atoms with van der Waals surface area (Å²) in [5, 5.41) is 12.2. The van der Waals surface area contributed by atoms with Crippen LogP contribution in [-0.4, -0.2) is 53.7 Å². The second kappa shape index (κ2) is 8.78. The van der Waals surface area contributed by atoms with Crippen LogP contribution in [0.5, 0.6) is 0 Å². The molecule has 0 bridgehead atoms. The van der Waals surface area contributed by atoms with Crippen molar-refractivity contribution in [3.05, 3.63) is 59.7 Å². The number of aliphatic carboxylic acids is 1. The van der Waals surface area contributed by atoms with Crippen molar-refractivity contribution in [1.29, 1.82) is 0 Å². The van der Waals surface area contributed by atoms with E-state index < -0.39 is 17.5 Å². The van der Waals surface area contributed by atoms with E-state index in [0.29, 0.717) is 0 Å². The second-order valence-corrected chi connectivity index (χ2v) is 10.1. The summed E-state index contributed by atoms with van der Waals surface area (Å²) in [5.41, 5.74) is 3.78. The summed E-state index contributed by atoms with van der Waals surface area (Å²) >= 11 is 0. The molecule has 2 amide bonds. The molecule has 2 aliphatic carbocycles. The third kappa shape index (κ3) is 4.04. The lowest BCUT2D eigenvalue weighted by atomic mass is 9.77. The Morgan fingerprint density at radius 3 is 2.18 bits per heavy atom. The number of hydrogen-bond acceptors (Lipinski definition) is 4. The van der Waals surface area contributed by atoms with Gasteiger partial charge in [0, 0.05) is 31.5 Å². The topological polar surface area (TPSA) is 95.9 Å². The minimum Gasteiger partial charge on any atom is -0.481 e. The molecule has 1 aliphatic heterocycles. The van der Waals surface area contributed by atoms with Crippen molar-refractivity contribution in [2.24, 2.45) is 11.3 Å². The van der Waals surface area contributed by atoms with E-state index in [2.05, 4.69) is 29.6 Å². The lowest BCUT2D eigenvalue weighted by Gasteiger charge is -2.45. The SMILES string of the molecule is CC1(C(=O)O)CN(C(=O)CC(NC(=O)OCC2c3ccccc3-c3ccccc32)C2CCC2)C1. The highest BCUT2D eigenvalue weighted by Crippen LogP contribution is 2.44. The standard InChI is InChI=1S/C27H30N2O5/c1-27(25(31)32)15-29(16-27)24(30)13-23(17-7-6-8-17)28-26(33)34-14-22-20-11-4-2-9-18(20)19-10-3-5-12-21(19)22/h2-5,9-12,17,22-23H,6-8,13-16H2,1H3,(H,28,33)(H,31,32). The molecule has 1 saturated carbocycles. The summed E-state index contributed by atoms with van der Waals surface area (Å²) in [4.78, 5) is 38.4. The molecule has 1 atom stereocenters. The molecule has 34 heavy (non-hydrogen) atoms. The Balaban J connectivity index is 1.20. The molecule has 0 spiro atoms. The quantitative estimate of drug-likeness (QED) is 0.648. The van der Waals surface area contributed by atoms with E-state index in [0.717, 1.165) is 30.4 Å². The van der Waals surface area contributed by atoms with E-state index in [1.807, 2.05) is 24.3 Å². The van der Waals surface area contributed by atoms with Gasteiger partial charge in [0.2, 0.25) is 5.91 Å². The molecule has 1 saturated heterocycles. The van der Waals surface area contributed by atoms with E-state index >= 15 is 0 Å². The molecule has 2 aromatic carbocycles. The second-order valence-electron chi connectivity index (χ2n) is 10.1. The van der Waals surface area contributed by atoms with Crippen molar-refractivity contribution in [2.45, 2.75) is 44.6 Å². The Morgan fingerprint density at radius 1 is 1.06 bits per heavy atom. The fraction of sp³-hybridized carbons (Fsp3) is 0.444. The smallest absolute Gasteiger partial charge is 0.407 e. The maximum atomic E-state index is 12.8. The summed E-state index contributed by atoms with van der Waals surface area (Å²) in [5.74, 6) is -0.772. The molecule has 2 fully saturated rings. The van der Waals surface area contributed by atoms with E-state index in [-0.39, 0.29) is 49.9 Å². The number of nitrogens with zero attached hydrogens (tertiary/aromatic N) is 1. The van der Waals surface area contributed by atoms with Crippen LogP contribution in [0.2, 0.25) is 0 Å². The predicted octanol–water partition coefficient (Wildman–Crippen LogP) is 4.02. The highest BCUT2D eigenvalue weighted by Gasteiger charge is 2.48. The van der Waals surface area contributed by atoms with Gasteiger partial charge in [0.25, 0.3) is 0 Å². The molecule has 2 aromatic rings. The third-order valence-corrected chi connectivity index (χ3v) is 7.71. The van der Waals surface area contributed by atoms with Gasteiger partial charge in [-0.3, -0.25) is 9.59 Å². The molecule has 0 aromatic heterocycles. The summed E-state index contributed by atoms with van der Waals surface area (Å²) in [6.07, 6.45) is 2.68. The molecule has 2 N–H and O–H groups in total. The third-order valence-electron chi connectivity index (χ3n) is 7.71. The van der Waals surface area contributed by atoms with Gasteiger partial charge in [0.15, 0.2) is 0 Å². The molecule has 1 heterocycles. The van der Waals surface area contributed by atoms with Crippen molar-refractivity contribution in [3.8, 4) is 11.1 Å². The maximum Gasteiger partial charge on any atom is 0.407 e. The van der Waals surface area contributed by atoms with Gasteiger partial charge in [0.05, 0.1) is 5.41 Å². The Kier molecular flexibility index (Phi) is 5.80. The number of rotatable bonds is 7. The number of likely N-dealkylation sites (tertiary alicyclic amines) is 1. The van der Waals surface area contributed by atoms with Crippen molar-refractivity contribution in [2.75, 3.05) is 19.7 Å². The Hall–Kier alpha value is -3.35. The lowest BCUT2D eigenvalue weighted by molar-refractivity contribution is -0.164. The van der Waals surface area contributed by atoms with Gasteiger partial charge in [-0.2, -0.15) is 0 Å². The van der Waals surface area contributed by atoms with Crippen molar-refractivity contribution in [3.63, 3.8) is 0 Å². The number of carbonyl (C=O) groups is 3. The molecular formula is C27H30N2O5. The van der Waals surface area contributed by atoms with E-state index in [1.165, 1.54) is 11.1 Å². The van der Waals surface area contributed by atoms with Crippen molar-refractivity contribution in [1.82, 2.24) is 10.2 Å². The summed E-state index contributed by atoms with van der Waals surface area (Å²) in [7, 11) is 0. The molecule has 178 valence electrons. The first-order valence-corrected chi connectivity index (χ1v) is 12.0. The zero-order chi connectivity index (χ0) is 23.9. The van der Waals surface area contributed by atoms with Crippen LogP contribution in [0.15, 0.2) is 48.5 Å². The Bertz CT molecular complexity index is 1070. The number of carboxylic acid groups (broad SMARTS) is 1. The first kappa shape index (κ1) is 22.4. The molecule has 1 unspecified atom stereocenters. The van der Waals surface area contributed by atoms with Crippen LogP contribution in [0.1, 0.15) is 49.7 Å². The van der Waals surface area contributed by atoms with Crippen LogP contribution in [-0.2, 0) is 14.3 Å². The number of carbonyl (C=O) groups excluding carboxylic acids is 2. The number of fused-ring (bicyclic) bond motifs is 3. The first-order valence-electron chi connectivity index (χ1n) is 12.0. The molecule has 7 heteroatoms. The molecule has 3 aliphatic rings. The van der Waals surface area contributed by atoms with Crippen molar-refractivity contribution < 1.29 is 24.2 Å². The van der Waals surface area contributed by atoms with Crippen LogP contribution in [0, 0.1) is 11.3 Å². The normalized spacial score (nSPS) is 19.3. The fourth-order valence-electron chi connectivity index (χ4n) is 5.39. The summed E-state index contributed by atoms with van der Waals surface area (Å²) in [6, 6.07) is 16.1. The maximum absolute atomic E-state index is 12.8.